The van der Waals surface area contributed by atoms with E-state index in [0.717, 1.165) is 23.7 Å². The Kier molecular flexibility index (Phi) is 2.10. The van der Waals surface area contributed by atoms with Gasteiger partial charge in [0.05, 0.1) is 6.54 Å². The average Bonchev–Trinajstić information content (AvgIpc) is 2.69. The second-order valence-corrected chi connectivity index (χ2v) is 6.69. The zero-order chi connectivity index (χ0) is 12.4. The maximum absolute atomic E-state index is 12.0. The molecular formula is C14H20N2O2. The van der Waals surface area contributed by atoms with Gasteiger partial charge in [-0.25, -0.2) is 0 Å². The van der Waals surface area contributed by atoms with Crippen molar-refractivity contribution in [2.75, 3.05) is 6.54 Å². The summed E-state index contributed by atoms with van der Waals surface area (Å²) < 4.78 is 0. The summed E-state index contributed by atoms with van der Waals surface area (Å²) in [5, 5.41) is 2.69. The average molecular weight is 248 g/mol. The van der Waals surface area contributed by atoms with Crippen LogP contribution in [0.25, 0.3) is 0 Å². The van der Waals surface area contributed by atoms with Gasteiger partial charge in [0.15, 0.2) is 0 Å². The van der Waals surface area contributed by atoms with E-state index < -0.39 is 5.91 Å². The van der Waals surface area contributed by atoms with Crippen LogP contribution in [-0.4, -0.2) is 18.4 Å². The lowest BCUT2D eigenvalue weighted by molar-refractivity contribution is -0.126. The standard InChI is InChI=1S/C14H20N2O2/c15-10(17)5-16-14(18)13-11-8-4-9(12(11)13)7-3-1-2-6(7)8/h6-9,11-13H,1-5H2,(H2,15,17)(H,16,18)/t6-,7+,8+,9-,11+,12-,13?. The molecular weight excluding hydrogens is 228 g/mol. The third kappa shape index (κ3) is 1.26. The van der Waals surface area contributed by atoms with Crippen molar-refractivity contribution in [2.24, 2.45) is 47.2 Å². The lowest BCUT2D eigenvalue weighted by Gasteiger charge is -2.23. The summed E-state index contributed by atoms with van der Waals surface area (Å²) >= 11 is 0. The highest BCUT2D eigenvalue weighted by atomic mass is 16.2. The summed E-state index contributed by atoms with van der Waals surface area (Å²) in [6, 6.07) is 0. The molecule has 3 N–H and O–H groups in total. The number of amides is 2. The number of hydrogen-bond acceptors (Lipinski definition) is 2. The normalized spacial score (nSPS) is 50.8. The van der Waals surface area contributed by atoms with Crippen LogP contribution in [0.15, 0.2) is 0 Å². The van der Waals surface area contributed by atoms with E-state index in [1.165, 1.54) is 25.7 Å². The number of fused-ring (bicyclic) bond motifs is 8. The van der Waals surface area contributed by atoms with Crippen molar-refractivity contribution in [3.8, 4) is 0 Å². The highest BCUT2D eigenvalue weighted by Crippen LogP contribution is 2.75. The molecule has 4 nitrogen and oxygen atoms in total. The Morgan fingerprint density at radius 2 is 1.67 bits per heavy atom. The minimum atomic E-state index is -0.450. The van der Waals surface area contributed by atoms with Crippen molar-refractivity contribution >= 4 is 11.8 Å². The van der Waals surface area contributed by atoms with E-state index in [4.69, 9.17) is 5.73 Å². The maximum Gasteiger partial charge on any atom is 0.236 e. The van der Waals surface area contributed by atoms with Crippen LogP contribution in [0.2, 0.25) is 0 Å². The first kappa shape index (κ1) is 10.8. The zero-order valence-corrected chi connectivity index (χ0v) is 10.5. The molecule has 0 saturated heterocycles. The number of rotatable bonds is 3. The van der Waals surface area contributed by atoms with Gasteiger partial charge in [-0.2, -0.15) is 0 Å². The van der Waals surface area contributed by atoms with E-state index in [2.05, 4.69) is 5.32 Å². The SMILES string of the molecule is NC(=O)CNC(=O)C1[C@@H]2[C@@H]3C[C@@H]([C@@H]4CCC[C@@H]43)[C@H]12. The first-order chi connectivity index (χ1) is 8.68. The summed E-state index contributed by atoms with van der Waals surface area (Å²) in [6.07, 6.45) is 5.57. The molecule has 0 spiro atoms. The number of primary amides is 1. The third-order valence-electron chi connectivity index (χ3n) is 6.13. The summed E-state index contributed by atoms with van der Waals surface area (Å²) in [5.41, 5.74) is 5.07. The Morgan fingerprint density at radius 1 is 1.06 bits per heavy atom. The lowest BCUT2D eigenvalue weighted by Crippen LogP contribution is -2.35. The van der Waals surface area contributed by atoms with Crippen molar-refractivity contribution in [3.05, 3.63) is 0 Å². The molecule has 1 unspecified atom stereocenters. The van der Waals surface area contributed by atoms with Gasteiger partial charge in [-0.15, -0.1) is 0 Å². The van der Waals surface area contributed by atoms with Gasteiger partial charge in [0.1, 0.15) is 0 Å². The van der Waals surface area contributed by atoms with E-state index in [1.54, 1.807) is 0 Å². The molecule has 0 aliphatic heterocycles. The number of hydrogen-bond donors (Lipinski definition) is 2. The number of nitrogens with one attached hydrogen (secondary N) is 1. The molecule has 4 rings (SSSR count). The van der Waals surface area contributed by atoms with Crippen molar-refractivity contribution in [2.45, 2.75) is 25.7 Å². The molecule has 4 fully saturated rings. The zero-order valence-electron chi connectivity index (χ0n) is 10.5. The van der Waals surface area contributed by atoms with Crippen molar-refractivity contribution < 1.29 is 9.59 Å². The van der Waals surface area contributed by atoms with Gasteiger partial charge >= 0.3 is 0 Å². The smallest absolute Gasteiger partial charge is 0.236 e. The third-order valence-corrected chi connectivity index (χ3v) is 6.13. The van der Waals surface area contributed by atoms with Crippen molar-refractivity contribution in [1.29, 1.82) is 0 Å². The second kappa shape index (κ2) is 3.49. The second-order valence-electron chi connectivity index (χ2n) is 6.69. The Balaban J connectivity index is 1.44. The van der Waals surface area contributed by atoms with Gasteiger partial charge in [0.25, 0.3) is 0 Å². The Bertz CT molecular complexity index is 400. The van der Waals surface area contributed by atoms with Crippen LogP contribution in [0.4, 0.5) is 0 Å². The minimum absolute atomic E-state index is 0.00301. The molecule has 0 radical (unpaired) electrons. The molecule has 0 aromatic rings. The summed E-state index contributed by atoms with van der Waals surface area (Å²) in [7, 11) is 0. The summed E-state index contributed by atoms with van der Waals surface area (Å²) in [5.74, 6) is 4.60. The van der Waals surface area contributed by atoms with Crippen LogP contribution in [-0.2, 0) is 9.59 Å². The fourth-order valence-electron chi connectivity index (χ4n) is 5.73. The van der Waals surface area contributed by atoms with E-state index in [9.17, 15) is 9.59 Å². The molecule has 18 heavy (non-hydrogen) atoms. The van der Waals surface area contributed by atoms with Crippen LogP contribution in [0.5, 0.6) is 0 Å². The number of carbonyl (C=O) groups is 2. The summed E-state index contributed by atoms with van der Waals surface area (Å²) in [6.45, 7) is -0.00301. The first-order valence-electron chi connectivity index (χ1n) is 7.24. The van der Waals surface area contributed by atoms with Crippen LogP contribution < -0.4 is 11.1 Å². The van der Waals surface area contributed by atoms with Crippen molar-refractivity contribution in [3.63, 3.8) is 0 Å². The molecule has 4 saturated carbocycles. The van der Waals surface area contributed by atoms with E-state index in [0.29, 0.717) is 11.8 Å². The van der Waals surface area contributed by atoms with E-state index >= 15 is 0 Å². The highest BCUT2D eigenvalue weighted by molar-refractivity contribution is 5.87. The van der Waals surface area contributed by atoms with Crippen LogP contribution in [0, 0.1) is 41.4 Å². The van der Waals surface area contributed by atoms with Gasteiger partial charge in [0, 0.05) is 5.92 Å². The van der Waals surface area contributed by atoms with Crippen LogP contribution in [0.1, 0.15) is 25.7 Å². The molecule has 7 atom stereocenters. The van der Waals surface area contributed by atoms with Crippen LogP contribution in [0.3, 0.4) is 0 Å². The van der Waals surface area contributed by atoms with E-state index in [-0.39, 0.29) is 18.4 Å². The molecule has 98 valence electrons. The van der Waals surface area contributed by atoms with Crippen molar-refractivity contribution in [1.82, 2.24) is 5.32 Å². The fraction of sp³-hybridized carbons (Fsp3) is 0.857. The van der Waals surface area contributed by atoms with Gasteiger partial charge in [-0.05, 0) is 54.8 Å². The predicted octanol–water partition coefficient (Wildman–Crippen LogP) is 0.516. The molecule has 0 heterocycles. The van der Waals surface area contributed by atoms with Gasteiger partial charge < -0.3 is 11.1 Å². The van der Waals surface area contributed by atoms with Gasteiger partial charge in [0.2, 0.25) is 11.8 Å². The van der Waals surface area contributed by atoms with Crippen LogP contribution >= 0.6 is 0 Å². The largest absolute Gasteiger partial charge is 0.368 e. The highest BCUT2D eigenvalue weighted by Gasteiger charge is 2.72. The number of carbonyl (C=O) groups excluding carboxylic acids is 2. The fourth-order valence-corrected chi connectivity index (χ4v) is 5.73. The minimum Gasteiger partial charge on any atom is -0.368 e. The Morgan fingerprint density at radius 3 is 2.22 bits per heavy atom. The quantitative estimate of drug-likeness (QED) is 0.764. The Hall–Kier alpha value is -1.06. The molecule has 4 heteroatoms. The predicted molar refractivity (Wildman–Crippen MR) is 65.1 cm³/mol. The maximum atomic E-state index is 12.0. The molecule has 2 bridgehead atoms. The monoisotopic (exact) mass is 248 g/mol. The molecule has 0 aromatic heterocycles. The topological polar surface area (TPSA) is 72.2 Å². The first-order valence-corrected chi connectivity index (χ1v) is 7.24. The van der Waals surface area contributed by atoms with Gasteiger partial charge in [-0.1, -0.05) is 6.42 Å². The number of nitrogens with two attached hydrogens (primary N) is 1. The van der Waals surface area contributed by atoms with Gasteiger partial charge in [-0.3, -0.25) is 9.59 Å². The van der Waals surface area contributed by atoms with E-state index in [1.807, 2.05) is 0 Å². The molecule has 4 aliphatic rings. The molecule has 0 aromatic carbocycles. The molecule has 2 amide bonds. The summed E-state index contributed by atoms with van der Waals surface area (Å²) in [4.78, 5) is 22.7. The Labute approximate surface area is 107 Å². The lowest BCUT2D eigenvalue weighted by atomic mass is 9.82. The molecule has 4 aliphatic carbocycles.